The van der Waals surface area contributed by atoms with Gasteiger partial charge in [0.05, 0.1) is 6.61 Å². The number of rotatable bonds is 7. The predicted molar refractivity (Wildman–Crippen MR) is 68.4 cm³/mol. The third kappa shape index (κ3) is 5.27. The number of carbonyl (C=O) groups excluding carboxylic acids is 1. The molecule has 0 aromatic heterocycles. The van der Waals surface area contributed by atoms with Crippen molar-refractivity contribution in [2.24, 2.45) is 0 Å². The molecule has 7 heteroatoms. The maximum atomic E-state index is 13.3. The van der Waals surface area contributed by atoms with Gasteiger partial charge in [0.15, 0.2) is 0 Å². The molecule has 0 aliphatic carbocycles. The Kier molecular flexibility index (Phi) is 6.31. The molecular formula is C12H14FNO4S. The van der Waals surface area contributed by atoms with Gasteiger partial charge in [-0.1, -0.05) is 12.1 Å². The van der Waals surface area contributed by atoms with Gasteiger partial charge in [-0.2, -0.15) is 0 Å². The second-order valence-electron chi connectivity index (χ2n) is 3.67. The van der Waals surface area contributed by atoms with Crippen LogP contribution in [-0.4, -0.2) is 40.5 Å². The van der Waals surface area contributed by atoms with Gasteiger partial charge < -0.3 is 15.5 Å². The molecule has 0 radical (unpaired) electrons. The minimum absolute atomic E-state index is 0.0444. The molecule has 0 heterocycles. The van der Waals surface area contributed by atoms with Crippen molar-refractivity contribution in [2.75, 3.05) is 12.4 Å². The number of carboxylic acid groups (broad SMARTS) is 1. The summed E-state index contributed by atoms with van der Waals surface area (Å²) >= 11 is 1.17. The maximum absolute atomic E-state index is 13.3. The molecule has 0 fully saturated rings. The largest absolute Gasteiger partial charge is 0.480 e. The molecule has 1 aromatic carbocycles. The Morgan fingerprint density at radius 1 is 1.37 bits per heavy atom. The standard InChI is InChI=1S/C12H14FNO4S/c13-8-3-1-2-4-10(8)19-6-5-11(16)14-9(7-15)12(17)18/h1-4,9,15H,5-7H2,(H,14,16)(H,17,18)/t9-/m0/s1. The molecule has 1 rings (SSSR count). The number of carboxylic acids is 1. The molecule has 5 nitrogen and oxygen atoms in total. The van der Waals surface area contributed by atoms with Crippen LogP contribution in [0.25, 0.3) is 0 Å². The van der Waals surface area contributed by atoms with Crippen molar-refractivity contribution < 1.29 is 24.2 Å². The van der Waals surface area contributed by atoms with Gasteiger partial charge in [-0.15, -0.1) is 11.8 Å². The number of hydrogen-bond donors (Lipinski definition) is 3. The van der Waals surface area contributed by atoms with Crippen LogP contribution in [0.2, 0.25) is 0 Å². The van der Waals surface area contributed by atoms with Crippen LogP contribution in [0.1, 0.15) is 6.42 Å². The molecule has 1 amide bonds. The van der Waals surface area contributed by atoms with E-state index in [0.29, 0.717) is 10.6 Å². The highest BCUT2D eigenvalue weighted by molar-refractivity contribution is 7.99. The summed E-state index contributed by atoms with van der Waals surface area (Å²) in [6.45, 7) is -0.665. The first-order chi connectivity index (χ1) is 9.04. The second-order valence-corrected chi connectivity index (χ2v) is 4.81. The summed E-state index contributed by atoms with van der Waals surface area (Å²) in [4.78, 5) is 22.4. The molecule has 0 spiro atoms. The van der Waals surface area contributed by atoms with Gasteiger partial charge in [-0.25, -0.2) is 9.18 Å². The van der Waals surface area contributed by atoms with Gasteiger partial charge in [0.1, 0.15) is 11.9 Å². The van der Waals surface area contributed by atoms with Crippen LogP contribution in [0.4, 0.5) is 4.39 Å². The quantitative estimate of drug-likeness (QED) is 0.648. The molecule has 1 atom stereocenters. The van der Waals surface area contributed by atoms with Crippen LogP contribution >= 0.6 is 11.8 Å². The van der Waals surface area contributed by atoms with E-state index in [1.54, 1.807) is 18.2 Å². The average molecular weight is 287 g/mol. The minimum Gasteiger partial charge on any atom is -0.480 e. The van der Waals surface area contributed by atoms with Gasteiger partial charge >= 0.3 is 5.97 Å². The van der Waals surface area contributed by atoms with Crippen molar-refractivity contribution in [3.8, 4) is 0 Å². The molecule has 104 valence electrons. The van der Waals surface area contributed by atoms with Crippen LogP contribution in [0.15, 0.2) is 29.2 Å². The summed E-state index contributed by atoms with van der Waals surface area (Å²) in [5.41, 5.74) is 0. The molecule has 3 N–H and O–H groups in total. The first kappa shape index (κ1) is 15.5. The summed E-state index contributed by atoms with van der Waals surface area (Å²) < 4.78 is 13.3. The molecule has 0 unspecified atom stereocenters. The van der Waals surface area contributed by atoms with Crippen LogP contribution in [0, 0.1) is 5.82 Å². The van der Waals surface area contributed by atoms with Crippen molar-refractivity contribution >= 4 is 23.6 Å². The van der Waals surface area contributed by atoms with E-state index in [1.807, 2.05) is 0 Å². The van der Waals surface area contributed by atoms with Crippen molar-refractivity contribution in [1.82, 2.24) is 5.32 Å². The summed E-state index contributed by atoms with van der Waals surface area (Å²) in [6.07, 6.45) is 0.0444. The first-order valence-corrected chi connectivity index (χ1v) is 6.53. The fraction of sp³-hybridized carbons (Fsp3) is 0.333. The fourth-order valence-corrected chi connectivity index (χ4v) is 2.16. The Morgan fingerprint density at radius 2 is 2.05 bits per heavy atom. The molecule has 0 saturated heterocycles. The topological polar surface area (TPSA) is 86.6 Å². The predicted octanol–water partition coefficient (Wildman–Crippen LogP) is 0.870. The zero-order valence-corrected chi connectivity index (χ0v) is 10.8. The van der Waals surface area contributed by atoms with Crippen LogP contribution in [0.3, 0.4) is 0 Å². The third-order valence-corrected chi connectivity index (χ3v) is 3.29. The molecule has 0 aliphatic rings. The zero-order valence-electron chi connectivity index (χ0n) is 10.0. The van der Waals surface area contributed by atoms with Gasteiger partial charge in [-0.05, 0) is 12.1 Å². The Labute approximate surface area is 113 Å². The van der Waals surface area contributed by atoms with Crippen molar-refractivity contribution in [1.29, 1.82) is 0 Å². The lowest BCUT2D eigenvalue weighted by Gasteiger charge is -2.11. The van der Waals surface area contributed by atoms with E-state index in [1.165, 1.54) is 17.8 Å². The normalized spacial score (nSPS) is 11.9. The highest BCUT2D eigenvalue weighted by Crippen LogP contribution is 2.21. The monoisotopic (exact) mass is 287 g/mol. The lowest BCUT2D eigenvalue weighted by Crippen LogP contribution is -2.43. The second kappa shape index (κ2) is 7.75. The van der Waals surface area contributed by atoms with E-state index in [0.717, 1.165) is 0 Å². The summed E-state index contributed by atoms with van der Waals surface area (Å²) in [7, 11) is 0. The van der Waals surface area contributed by atoms with E-state index in [9.17, 15) is 14.0 Å². The number of amides is 1. The van der Waals surface area contributed by atoms with Gasteiger partial charge in [0.25, 0.3) is 0 Å². The van der Waals surface area contributed by atoms with E-state index in [-0.39, 0.29) is 12.2 Å². The van der Waals surface area contributed by atoms with Crippen molar-refractivity contribution in [3.63, 3.8) is 0 Å². The summed E-state index contributed by atoms with van der Waals surface area (Å²) in [5, 5.41) is 19.5. The van der Waals surface area contributed by atoms with Crippen LogP contribution in [-0.2, 0) is 9.59 Å². The molecule has 0 saturated carbocycles. The Morgan fingerprint density at radius 3 is 2.63 bits per heavy atom. The molecule has 0 aliphatic heterocycles. The maximum Gasteiger partial charge on any atom is 0.328 e. The number of carbonyl (C=O) groups is 2. The highest BCUT2D eigenvalue weighted by atomic mass is 32.2. The summed E-state index contributed by atoms with van der Waals surface area (Å²) in [6, 6.07) is 4.90. The number of aliphatic carboxylic acids is 1. The van der Waals surface area contributed by atoms with E-state index in [4.69, 9.17) is 10.2 Å². The Balaban J connectivity index is 2.35. The number of benzene rings is 1. The number of thioether (sulfide) groups is 1. The van der Waals surface area contributed by atoms with Crippen molar-refractivity contribution in [2.45, 2.75) is 17.4 Å². The number of aliphatic hydroxyl groups excluding tert-OH is 1. The SMILES string of the molecule is O=C(CCSc1ccccc1F)N[C@@H](CO)C(=O)O. The first-order valence-electron chi connectivity index (χ1n) is 5.55. The van der Waals surface area contributed by atoms with Gasteiger partial charge in [-0.3, -0.25) is 4.79 Å². The van der Waals surface area contributed by atoms with Crippen molar-refractivity contribution in [3.05, 3.63) is 30.1 Å². The number of halogens is 1. The Hall–Kier alpha value is -1.60. The molecule has 1 aromatic rings. The smallest absolute Gasteiger partial charge is 0.328 e. The Bertz CT molecular complexity index is 455. The lowest BCUT2D eigenvalue weighted by molar-refractivity contribution is -0.142. The number of aliphatic hydroxyl groups is 1. The summed E-state index contributed by atoms with van der Waals surface area (Å²) in [5.74, 6) is -1.82. The molecule has 0 bridgehead atoms. The number of hydrogen-bond acceptors (Lipinski definition) is 4. The average Bonchev–Trinajstić information content (AvgIpc) is 2.38. The minimum atomic E-state index is -1.30. The molecular weight excluding hydrogens is 273 g/mol. The zero-order chi connectivity index (χ0) is 14.3. The van der Waals surface area contributed by atoms with E-state index in [2.05, 4.69) is 5.32 Å². The van der Waals surface area contributed by atoms with Gasteiger partial charge in [0, 0.05) is 17.1 Å². The lowest BCUT2D eigenvalue weighted by atomic mass is 10.3. The van der Waals surface area contributed by atoms with Crippen LogP contribution in [0.5, 0.6) is 0 Å². The van der Waals surface area contributed by atoms with E-state index >= 15 is 0 Å². The fourth-order valence-electron chi connectivity index (χ4n) is 1.27. The number of nitrogens with one attached hydrogen (secondary N) is 1. The third-order valence-electron chi connectivity index (χ3n) is 2.24. The van der Waals surface area contributed by atoms with E-state index < -0.39 is 24.5 Å². The van der Waals surface area contributed by atoms with Crippen LogP contribution < -0.4 is 5.32 Å². The molecule has 19 heavy (non-hydrogen) atoms. The van der Waals surface area contributed by atoms with Gasteiger partial charge in [0.2, 0.25) is 5.91 Å². The highest BCUT2D eigenvalue weighted by Gasteiger charge is 2.18.